The fourth-order valence-corrected chi connectivity index (χ4v) is 3.78. The van der Waals surface area contributed by atoms with E-state index in [1.165, 1.54) is 36.4 Å². The number of rotatable bonds is 9. The van der Waals surface area contributed by atoms with E-state index in [0.717, 1.165) is 0 Å². The Labute approximate surface area is 238 Å². The second-order valence-electron chi connectivity index (χ2n) is 8.61. The number of halogens is 3. The topological polar surface area (TPSA) is 191 Å². The maximum Gasteiger partial charge on any atom is 0.516 e. The van der Waals surface area contributed by atoms with Crippen LogP contribution in [0.1, 0.15) is 30.0 Å². The largest absolute Gasteiger partial charge is 0.516 e. The zero-order valence-corrected chi connectivity index (χ0v) is 22.0. The van der Waals surface area contributed by atoms with E-state index in [9.17, 15) is 27.9 Å². The summed E-state index contributed by atoms with van der Waals surface area (Å²) in [6.45, 7) is 1.52. The van der Waals surface area contributed by atoms with Crippen molar-refractivity contribution in [2.45, 2.75) is 25.7 Å². The number of carbonyl (C=O) groups is 2. The second-order valence-corrected chi connectivity index (χ2v) is 8.61. The van der Waals surface area contributed by atoms with Gasteiger partial charge in [-0.25, -0.2) is 4.79 Å². The summed E-state index contributed by atoms with van der Waals surface area (Å²) in [5.74, 6) is -1.99. The van der Waals surface area contributed by atoms with E-state index in [0.29, 0.717) is 5.56 Å². The van der Waals surface area contributed by atoms with Crippen molar-refractivity contribution in [3.8, 4) is 40.3 Å². The van der Waals surface area contributed by atoms with Gasteiger partial charge in [0.2, 0.25) is 11.6 Å². The molecular weight excluding hydrogens is 579 g/mol. The standard InChI is InChI=1S/C26H20F3N7O7/c1-2-40-25(39)41-24-31-16(33-34-24)12-30-22(38)19(37)14-8-10-15(11-9-14)21-32-23(43-36-21)20-17(26(27,28)29)18(35-42-20)13-6-4-3-5-7-13/h3-11,19,37H,2,12H2,1H3,(H,30,38)(H,31,33,34). The minimum Gasteiger partial charge on any atom is -0.434 e. The molecule has 3 heterocycles. The Hall–Kier alpha value is -5.58. The first kappa shape index (κ1) is 28.9. The summed E-state index contributed by atoms with van der Waals surface area (Å²) in [5.41, 5.74) is -0.884. The average Bonchev–Trinajstić information content (AvgIpc) is 3.76. The second kappa shape index (κ2) is 12.1. The Morgan fingerprint density at radius 1 is 1.02 bits per heavy atom. The molecule has 3 N–H and O–H groups in total. The van der Waals surface area contributed by atoms with Crippen LogP contribution in [0.25, 0.3) is 34.3 Å². The lowest BCUT2D eigenvalue weighted by atomic mass is 10.1. The number of hydrogen-bond donors (Lipinski definition) is 3. The maximum atomic E-state index is 14.0. The Kier molecular flexibility index (Phi) is 8.15. The number of amides is 1. The molecule has 222 valence electrons. The summed E-state index contributed by atoms with van der Waals surface area (Å²) in [4.78, 5) is 31.6. The van der Waals surface area contributed by atoms with Crippen LogP contribution in [0.5, 0.6) is 6.01 Å². The van der Waals surface area contributed by atoms with Crippen LogP contribution in [0, 0.1) is 0 Å². The molecule has 0 fully saturated rings. The van der Waals surface area contributed by atoms with E-state index in [2.05, 4.69) is 40.5 Å². The minimum absolute atomic E-state index is 0.0718. The number of aliphatic hydroxyl groups is 1. The summed E-state index contributed by atoms with van der Waals surface area (Å²) in [6.07, 6.45) is -7.41. The molecule has 0 radical (unpaired) electrons. The first-order valence-corrected chi connectivity index (χ1v) is 12.4. The van der Waals surface area contributed by atoms with Crippen LogP contribution in [-0.4, -0.2) is 54.3 Å². The van der Waals surface area contributed by atoms with Gasteiger partial charge in [0.25, 0.3) is 11.8 Å². The quantitative estimate of drug-likeness (QED) is 0.206. The summed E-state index contributed by atoms with van der Waals surface area (Å²) in [5, 5.41) is 26.3. The number of H-pyrrole nitrogens is 1. The molecule has 2 aromatic carbocycles. The Morgan fingerprint density at radius 2 is 1.77 bits per heavy atom. The van der Waals surface area contributed by atoms with Gasteiger partial charge in [0.1, 0.15) is 17.1 Å². The first-order chi connectivity index (χ1) is 20.6. The Bertz CT molecular complexity index is 1720. The van der Waals surface area contributed by atoms with Crippen molar-refractivity contribution >= 4 is 12.1 Å². The van der Waals surface area contributed by atoms with E-state index in [4.69, 9.17) is 13.8 Å². The van der Waals surface area contributed by atoms with E-state index >= 15 is 0 Å². The smallest absolute Gasteiger partial charge is 0.434 e. The van der Waals surface area contributed by atoms with E-state index < -0.39 is 47.3 Å². The molecule has 0 spiro atoms. The third-order valence-corrected chi connectivity index (χ3v) is 5.75. The number of aromatic amines is 1. The fourth-order valence-electron chi connectivity index (χ4n) is 3.78. The lowest BCUT2D eigenvalue weighted by Crippen LogP contribution is -2.29. The number of aliphatic hydroxyl groups excluding tert-OH is 1. The lowest BCUT2D eigenvalue weighted by molar-refractivity contribution is -0.137. The fraction of sp³-hybridized carbons (Fsp3) is 0.192. The number of carbonyl (C=O) groups excluding carboxylic acids is 2. The van der Waals surface area contributed by atoms with Crippen LogP contribution < -0.4 is 10.1 Å². The van der Waals surface area contributed by atoms with Gasteiger partial charge >= 0.3 is 18.3 Å². The molecule has 1 unspecified atom stereocenters. The van der Waals surface area contributed by atoms with Crippen molar-refractivity contribution in [3.05, 3.63) is 71.5 Å². The third-order valence-electron chi connectivity index (χ3n) is 5.75. The molecule has 1 amide bonds. The molecule has 0 aliphatic rings. The minimum atomic E-state index is -4.83. The van der Waals surface area contributed by atoms with Gasteiger partial charge in [0.05, 0.1) is 13.2 Å². The molecular formula is C26H20F3N7O7. The van der Waals surface area contributed by atoms with E-state index in [1.807, 2.05) is 0 Å². The highest BCUT2D eigenvalue weighted by molar-refractivity contribution is 5.82. The van der Waals surface area contributed by atoms with Crippen LogP contribution in [0.4, 0.5) is 18.0 Å². The summed E-state index contributed by atoms with van der Waals surface area (Å²) in [7, 11) is 0. The van der Waals surface area contributed by atoms with Crippen LogP contribution >= 0.6 is 0 Å². The van der Waals surface area contributed by atoms with Gasteiger partial charge in [0.15, 0.2) is 6.10 Å². The average molecular weight is 599 g/mol. The zero-order chi connectivity index (χ0) is 30.6. The Morgan fingerprint density at radius 3 is 2.47 bits per heavy atom. The molecule has 0 saturated heterocycles. The number of hydrogen-bond acceptors (Lipinski definition) is 12. The van der Waals surface area contributed by atoms with Gasteiger partial charge in [-0.3, -0.25) is 9.89 Å². The number of nitrogens with one attached hydrogen (secondary N) is 2. The number of alkyl halides is 3. The van der Waals surface area contributed by atoms with Gasteiger partial charge in [-0.2, -0.15) is 23.1 Å². The number of ether oxygens (including phenoxy) is 2. The first-order valence-electron chi connectivity index (χ1n) is 12.4. The summed E-state index contributed by atoms with van der Waals surface area (Å²) < 4.78 is 61.3. The maximum absolute atomic E-state index is 14.0. The highest BCUT2D eigenvalue weighted by atomic mass is 19.4. The molecule has 3 aromatic heterocycles. The van der Waals surface area contributed by atoms with Crippen molar-refractivity contribution in [2.24, 2.45) is 0 Å². The molecule has 0 saturated carbocycles. The molecule has 1 atom stereocenters. The van der Waals surface area contributed by atoms with Gasteiger partial charge in [-0.15, -0.1) is 5.10 Å². The molecule has 14 nitrogen and oxygen atoms in total. The number of aromatic nitrogens is 6. The normalized spacial score (nSPS) is 12.1. The monoisotopic (exact) mass is 599 g/mol. The van der Waals surface area contributed by atoms with Crippen LogP contribution in [-0.2, 0) is 22.3 Å². The molecule has 17 heteroatoms. The van der Waals surface area contributed by atoms with Crippen molar-refractivity contribution in [2.75, 3.05) is 6.61 Å². The molecule has 0 aliphatic heterocycles. The highest BCUT2D eigenvalue weighted by Crippen LogP contribution is 2.43. The Balaban J connectivity index is 1.25. The van der Waals surface area contributed by atoms with Crippen molar-refractivity contribution < 1.29 is 46.4 Å². The predicted octanol–water partition coefficient (Wildman–Crippen LogP) is 4.08. The van der Waals surface area contributed by atoms with Gasteiger partial charge in [-0.1, -0.05) is 64.9 Å². The molecule has 0 aliphatic carbocycles. The molecule has 5 aromatic rings. The van der Waals surface area contributed by atoms with Crippen LogP contribution in [0.2, 0.25) is 0 Å². The lowest BCUT2D eigenvalue weighted by Gasteiger charge is -2.11. The van der Waals surface area contributed by atoms with Gasteiger partial charge in [0, 0.05) is 11.1 Å². The van der Waals surface area contributed by atoms with Crippen molar-refractivity contribution in [3.63, 3.8) is 0 Å². The van der Waals surface area contributed by atoms with Crippen molar-refractivity contribution in [1.82, 2.24) is 35.8 Å². The van der Waals surface area contributed by atoms with E-state index in [1.54, 1.807) is 25.1 Å². The molecule has 0 bridgehead atoms. The zero-order valence-electron chi connectivity index (χ0n) is 22.0. The summed E-state index contributed by atoms with van der Waals surface area (Å²) >= 11 is 0. The van der Waals surface area contributed by atoms with E-state index in [-0.39, 0.29) is 41.9 Å². The van der Waals surface area contributed by atoms with Gasteiger partial charge < -0.3 is 28.9 Å². The molecule has 5 rings (SSSR count). The number of nitrogens with zero attached hydrogens (tertiary/aromatic N) is 5. The van der Waals surface area contributed by atoms with Crippen LogP contribution in [0.3, 0.4) is 0 Å². The van der Waals surface area contributed by atoms with Crippen molar-refractivity contribution in [1.29, 1.82) is 0 Å². The van der Waals surface area contributed by atoms with Crippen LogP contribution in [0.15, 0.2) is 63.6 Å². The molecule has 43 heavy (non-hydrogen) atoms. The summed E-state index contributed by atoms with van der Waals surface area (Å²) in [6, 6.07) is 13.1. The van der Waals surface area contributed by atoms with Gasteiger partial charge in [-0.05, 0) is 12.5 Å². The number of benzene rings is 2. The highest BCUT2D eigenvalue weighted by Gasteiger charge is 2.43. The SMILES string of the molecule is CCOC(=O)Oc1n[nH]c(CNC(=O)C(O)c2ccc(-c3noc(-c4onc(-c5ccccc5)c4C(F)(F)F)n3)cc2)n1. The third kappa shape index (κ3) is 6.51. The predicted molar refractivity (Wildman–Crippen MR) is 137 cm³/mol.